The third-order valence-electron chi connectivity index (χ3n) is 3.48. The average Bonchev–Trinajstić information content (AvgIpc) is 3.17. The first kappa shape index (κ1) is 15.7. The second-order valence-electron chi connectivity index (χ2n) is 5.66. The third-order valence-corrected chi connectivity index (χ3v) is 4.28. The lowest BCUT2D eigenvalue weighted by Gasteiger charge is -2.00. The summed E-state index contributed by atoms with van der Waals surface area (Å²) in [6.45, 7) is 8.18. The fraction of sp³-hybridized carbons (Fsp3) is 0.375. The van der Waals surface area contributed by atoms with Crippen molar-refractivity contribution in [1.29, 1.82) is 0 Å². The minimum absolute atomic E-state index is 0.247. The van der Waals surface area contributed by atoms with Crippen LogP contribution >= 0.6 is 11.8 Å². The molecule has 6 nitrogen and oxygen atoms in total. The first-order chi connectivity index (χ1) is 11.0. The molecule has 1 aromatic carbocycles. The van der Waals surface area contributed by atoms with E-state index >= 15 is 0 Å². The molecule has 3 aromatic rings. The fourth-order valence-corrected chi connectivity index (χ4v) is 2.54. The molecule has 23 heavy (non-hydrogen) atoms. The molecule has 0 atom stereocenters. The Morgan fingerprint density at radius 3 is 2.65 bits per heavy atom. The molecule has 0 aliphatic rings. The van der Waals surface area contributed by atoms with Crippen molar-refractivity contribution in [1.82, 2.24) is 20.3 Å². The molecule has 0 amide bonds. The topological polar surface area (TPSA) is 77.8 Å². The van der Waals surface area contributed by atoms with Gasteiger partial charge in [-0.1, -0.05) is 36.8 Å². The van der Waals surface area contributed by atoms with E-state index in [1.54, 1.807) is 0 Å². The van der Waals surface area contributed by atoms with Gasteiger partial charge in [0.25, 0.3) is 5.22 Å². The normalized spacial score (nSPS) is 11.3. The summed E-state index contributed by atoms with van der Waals surface area (Å²) in [4.78, 5) is 4.32. The van der Waals surface area contributed by atoms with Gasteiger partial charge in [-0.15, -0.1) is 10.2 Å². The van der Waals surface area contributed by atoms with Gasteiger partial charge in [0, 0.05) is 11.5 Å². The molecule has 0 saturated heterocycles. The Morgan fingerprint density at radius 1 is 1.13 bits per heavy atom. The van der Waals surface area contributed by atoms with E-state index in [1.165, 1.54) is 22.9 Å². The van der Waals surface area contributed by atoms with Crippen molar-refractivity contribution >= 4 is 11.8 Å². The van der Waals surface area contributed by atoms with E-state index in [0.717, 1.165) is 5.56 Å². The summed E-state index contributed by atoms with van der Waals surface area (Å²) in [7, 11) is 0. The number of rotatable bonds is 5. The van der Waals surface area contributed by atoms with Crippen LogP contribution < -0.4 is 0 Å². The van der Waals surface area contributed by atoms with Gasteiger partial charge in [0.05, 0.1) is 5.75 Å². The van der Waals surface area contributed by atoms with E-state index in [-0.39, 0.29) is 5.92 Å². The van der Waals surface area contributed by atoms with Crippen LogP contribution in [0, 0.1) is 13.8 Å². The second-order valence-corrected chi connectivity index (χ2v) is 6.59. The van der Waals surface area contributed by atoms with Crippen molar-refractivity contribution in [2.45, 2.75) is 44.6 Å². The molecule has 0 N–H and O–H groups in total. The molecule has 7 heteroatoms. The molecule has 0 aliphatic carbocycles. The van der Waals surface area contributed by atoms with Crippen LogP contribution in [0.1, 0.15) is 42.6 Å². The monoisotopic (exact) mass is 330 g/mol. The van der Waals surface area contributed by atoms with Gasteiger partial charge in [0.2, 0.25) is 11.8 Å². The minimum Gasteiger partial charge on any atom is -0.411 e. The van der Waals surface area contributed by atoms with Gasteiger partial charge in [-0.3, -0.25) is 0 Å². The molecule has 2 aromatic heterocycles. The number of thioether (sulfide) groups is 1. The van der Waals surface area contributed by atoms with Gasteiger partial charge in [0.1, 0.15) is 0 Å². The molecule has 0 unspecified atom stereocenters. The van der Waals surface area contributed by atoms with Crippen LogP contribution in [0.25, 0.3) is 11.5 Å². The number of aromatic nitrogens is 4. The summed E-state index contributed by atoms with van der Waals surface area (Å²) in [5.41, 5.74) is 3.36. The molecular weight excluding hydrogens is 312 g/mol. The second kappa shape index (κ2) is 6.54. The summed E-state index contributed by atoms with van der Waals surface area (Å²) in [6, 6.07) is 6.08. The molecule has 3 rings (SSSR count). The smallest absolute Gasteiger partial charge is 0.277 e. The lowest BCUT2D eigenvalue weighted by molar-refractivity contribution is 0.382. The van der Waals surface area contributed by atoms with E-state index in [1.807, 2.05) is 32.0 Å². The van der Waals surface area contributed by atoms with E-state index in [0.29, 0.717) is 28.6 Å². The zero-order valence-corrected chi connectivity index (χ0v) is 14.3. The van der Waals surface area contributed by atoms with Crippen LogP contribution in [-0.4, -0.2) is 20.3 Å². The Bertz CT molecular complexity index is 810. The van der Waals surface area contributed by atoms with Crippen LogP contribution in [0.3, 0.4) is 0 Å². The summed E-state index contributed by atoms with van der Waals surface area (Å²) in [6.07, 6.45) is 0. The molecule has 0 fully saturated rings. The van der Waals surface area contributed by atoms with Crippen LogP contribution in [-0.2, 0) is 5.75 Å². The predicted molar refractivity (Wildman–Crippen MR) is 87.2 cm³/mol. The number of hydrogen-bond acceptors (Lipinski definition) is 7. The molecule has 0 bridgehead atoms. The maximum atomic E-state index is 5.69. The summed E-state index contributed by atoms with van der Waals surface area (Å²) >= 11 is 1.38. The number of hydrogen-bond donors (Lipinski definition) is 0. The number of benzene rings is 1. The van der Waals surface area contributed by atoms with Gasteiger partial charge in [-0.05, 0) is 37.1 Å². The predicted octanol–water partition coefficient (Wildman–Crippen LogP) is 4.15. The highest BCUT2D eigenvalue weighted by molar-refractivity contribution is 7.98. The Labute approximate surface area is 138 Å². The van der Waals surface area contributed by atoms with E-state index in [4.69, 9.17) is 8.94 Å². The van der Waals surface area contributed by atoms with Crippen molar-refractivity contribution in [3.8, 4) is 11.5 Å². The van der Waals surface area contributed by atoms with Gasteiger partial charge < -0.3 is 8.94 Å². The highest BCUT2D eigenvalue weighted by Crippen LogP contribution is 2.26. The molecule has 0 aliphatic heterocycles. The van der Waals surface area contributed by atoms with E-state index in [9.17, 15) is 0 Å². The summed E-state index contributed by atoms with van der Waals surface area (Å²) in [5.74, 6) is 2.54. The maximum Gasteiger partial charge on any atom is 0.277 e. The van der Waals surface area contributed by atoms with Crippen molar-refractivity contribution in [2.75, 3.05) is 0 Å². The van der Waals surface area contributed by atoms with E-state index in [2.05, 4.69) is 34.2 Å². The lowest BCUT2D eigenvalue weighted by atomic mass is 10.1. The van der Waals surface area contributed by atoms with Gasteiger partial charge in [-0.2, -0.15) is 4.98 Å². The van der Waals surface area contributed by atoms with Gasteiger partial charge in [-0.25, -0.2) is 0 Å². The van der Waals surface area contributed by atoms with E-state index < -0.39 is 0 Å². The maximum absolute atomic E-state index is 5.69. The quantitative estimate of drug-likeness (QED) is 0.650. The molecule has 0 saturated carbocycles. The Balaban J connectivity index is 1.68. The van der Waals surface area contributed by atoms with Crippen molar-refractivity contribution < 1.29 is 8.94 Å². The van der Waals surface area contributed by atoms with Gasteiger partial charge >= 0.3 is 0 Å². The average molecular weight is 330 g/mol. The largest absolute Gasteiger partial charge is 0.411 e. The zero-order chi connectivity index (χ0) is 16.4. The highest BCUT2D eigenvalue weighted by atomic mass is 32.2. The highest BCUT2D eigenvalue weighted by Gasteiger charge is 2.13. The SMILES string of the molecule is Cc1ccc(-c2nnc(SCc3nc(C(C)C)no3)o2)cc1C. The standard InChI is InChI=1S/C16H18N4O2S/c1-9(2)14-17-13(22-20-14)8-23-16-19-18-15(21-16)12-6-5-10(3)11(4)7-12/h5-7,9H,8H2,1-4H3. The van der Waals surface area contributed by atoms with Crippen LogP contribution in [0.15, 0.2) is 32.4 Å². The first-order valence-corrected chi connectivity index (χ1v) is 8.38. The molecule has 2 heterocycles. The number of nitrogens with zero attached hydrogens (tertiary/aromatic N) is 4. The minimum atomic E-state index is 0.247. The Hall–Kier alpha value is -2.15. The van der Waals surface area contributed by atoms with Crippen LogP contribution in [0.2, 0.25) is 0 Å². The molecule has 0 radical (unpaired) electrons. The summed E-state index contributed by atoms with van der Waals surface area (Å²) < 4.78 is 10.9. The molecular formula is C16H18N4O2S. The zero-order valence-electron chi connectivity index (χ0n) is 13.5. The molecule has 120 valence electrons. The van der Waals surface area contributed by atoms with Crippen LogP contribution in [0.5, 0.6) is 0 Å². The lowest BCUT2D eigenvalue weighted by Crippen LogP contribution is -1.90. The fourth-order valence-electron chi connectivity index (χ4n) is 1.94. The third kappa shape index (κ3) is 3.61. The van der Waals surface area contributed by atoms with Gasteiger partial charge in [0.15, 0.2) is 5.82 Å². The van der Waals surface area contributed by atoms with Crippen LogP contribution in [0.4, 0.5) is 0 Å². The summed E-state index contributed by atoms with van der Waals surface area (Å²) in [5, 5.41) is 12.6. The molecule has 0 spiro atoms. The van der Waals surface area contributed by atoms with Crippen molar-refractivity contribution in [3.63, 3.8) is 0 Å². The van der Waals surface area contributed by atoms with Crippen molar-refractivity contribution in [3.05, 3.63) is 41.0 Å². The Kier molecular flexibility index (Phi) is 4.47. The van der Waals surface area contributed by atoms with Crippen molar-refractivity contribution in [2.24, 2.45) is 0 Å². The number of aryl methyl sites for hydroxylation is 2. The first-order valence-electron chi connectivity index (χ1n) is 7.39. The Morgan fingerprint density at radius 2 is 1.96 bits per heavy atom.